The summed E-state index contributed by atoms with van der Waals surface area (Å²) in [4.78, 5) is 12.4. The molecule has 0 atom stereocenters. The largest absolute Gasteiger partial charge is 0.504 e. The molecule has 0 saturated heterocycles. The molecule has 0 radical (unpaired) electrons. The highest BCUT2D eigenvalue weighted by Gasteiger charge is 2.23. The van der Waals surface area contributed by atoms with Gasteiger partial charge in [-0.05, 0) is 42.7 Å². The van der Waals surface area contributed by atoms with Gasteiger partial charge in [0.25, 0.3) is 0 Å². The summed E-state index contributed by atoms with van der Waals surface area (Å²) in [6.07, 6.45) is 2.61. The Hall–Kier alpha value is -2.23. The number of aromatic hydroxyl groups is 2. The molecule has 0 saturated carbocycles. The molecule has 0 spiro atoms. The average molecular weight is 243 g/mol. The number of hydrogen-bond acceptors (Lipinski definition) is 3. The Morgan fingerprint density at radius 1 is 1.17 bits per heavy atom. The Labute approximate surface area is 104 Å². The Morgan fingerprint density at radius 3 is 2.67 bits per heavy atom. The van der Waals surface area contributed by atoms with Crippen LogP contribution in [0.1, 0.15) is 27.2 Å². The van der Waals surface area contributed by atoms with Crippen LogP contribution in [0.15, 0.2) is 24.4 Å². The number of nitrogens with zero attached hydrogens (tertiary/aromatic N) is 1. The van der Waals surface area contributed by atoms with Gasteiger partial charge in [0, 0.05) is 18.3 Å². The summed E-state index contributed by atoms with van der Waals surface area (Å²) in [5.74, 6) is -0.533. The third-order valence-electron chi connectivity index (χ3n) is 3.33. The number of ketones is 1. The molecular weight excluding hydrogens is 230 g/mol. The van der Waals surface area contributed by atoms with E-state index in [1.807, 2.05) is 23.8 Å². The van der Waals surface area contributed by atoms with Crippen LogP contribution in [0.4, 0.5) is 0 Å². The predicted molar refractivity (Wildman–Crippen MR) is 66.1 cm³/mol. The van der Waals surface area contributed by atoms with Crippen molar-refractivity contribution in [1.82, 2.24) is 4.57 Å². The van der Waals surface area contributed by atoms with Crippen molar-refractivity contribution in [2.75, 3.05) is 0 Å². The van der Waals surface area contributed by atoms with Crippen molar-refractivity contribution in [2.24, 2.45) is 0 Å². The molecule has 0 fully saturated rings. The second-order valence-corrected chi connectivity index (χ2v) is 4.67. The van der Waals surface area contributed by atoms with Crippen LogP contribution in [0.5, 0.6) is 11.5 Å². The fourth-order valence-corrected chi connectivity index (χ4v) is 2.45. The van der Waals surface area contributed by atoms with E-state index in [-0.39, 0.29) is 17.3 Å². The molecule has 4 nitrogen and oxygen atoms in total. The molecule has 2 N–H and O–H groups in total. The summed E-state index contributed by atoms with van der Waals surface area (Å²) in [5, 5.41) is 19.0. The first-order chi connectivity index (χ1) is 8.56. The van der Waals surface area contributed by atoms with Crippen molar-refractivity contribution >= 4 is 5.78 Å². The lowest BCUT2D eigenvalue weighted by Crippen LogP contribution is -2.06. The lowest BCUT2D eigenvalue weighted by Gasteiger charge is -2.06. The molecule has 0 unspecified atom stereocenters. The molecular formula is C14H13NO3. The van der Waals surface area contributed by atoms with Gasteiger partial charge in [0.15, 0.2) is 11.5 Å². The van der Waals surface area contributed by atoms with Crippen molar-refractivity contribution in [3.05, 3.63) is 46.8 Å². The lowest BCUT2D eigenvalue weighted by molar-refractivity contribution is 0.103. The van der Waals surface area contributed by atoms with E-state index < -0.39 is 0 Å². The standard InChI is InChI=1S/C14H13NO3/c1-8-4-11-14(18)10-6-13(17)12(16)5-9(10)2-3-15(11)7-8/h4-7,16-17H,2-3H2,1H3. The number of carbonyl (C=O) groups is 1. The van der Waals surface area contributed by atoms with Gasteiger partial charge >= 0.3 is 0 Å². The van der Waals surface area contributed by atoms with Crippen LogP contribution in [-0.2, 0) is 13.0 Å². The van der Waals surface area contributed by atoms with Crippen LogP contribution in [-0.4, -0.2) is 20.6 Å². The molecule has 3 rings (SSSR count). The molecule has 1 aromatic heterocycles. The molecule has 4 heteroatoms. The highest BCUT2D eigenvalue weighted by atomic mass is 16.3. The van der Waals surface area contributed by atoms with Crippen LogP contribution >= 0.6 is 0 Å². The number of benzene rings is 1. The van der Waals surface area contributed by atoms with Crippen molar-refractivity contribution in [3.8, 4) is 11.5 Å². The fraction of sp³-hybridized carbons (Fsp3) is 0.214. The van der Waals surface area contributed by atoms with Crippen LogP contribution in [0.2, 0.25) is 0 Å². The number of phenols is 2. The molecule has 0 bridgehead atoms. The minimum Gasteiger partial charge on any atom is -0.504 e. The quantitative estimate of drug-likeness (QED) is 0.695. The number of carbonyl (C=O) groups excluding carboxylic acids is 1. The maximum Gasteiger partial charge on any atom is 0.209 e. The van der Waals surface area contributed by atoms with Crippen LogP contribution in [0.25, 0.3) is 0 Å². The molecule has 1 aromatic carbocycles. The smallest absolute Gasteiger partial charge is 0.209 e. The van der Waals surface area contributed by atoms with Crippen molar-refractivity contribution in [3.63, 3.8) is 0 Å². The third-order valence-corrected chi connectivity index (χ3v) is 3.33. The van der Waals surface area contributed by atoms with Crippen molar-refractivity contribution in [1.29, 1.82) is 0 Å². The van der Waals surface area contributed by atoms with Crippen molar-refractivity contribution in [2.45, 2.75) is 19.9 Å². The first-order valence-electron chi connectivity index (χ1n) is 5.82. The maximum absolute atomic E-state index is 12.4. The van der Waals surface area contributed by atoms with E-state index in [1.54, 1.807) is 0 Å². The summed E-state index contributed by atoms with van der Waals surface area (Å²) in [7, 11) is 0. The Balaban J connectivity index is 2.21. The Bertz CT molecular complexity index is 655. The number of phenolic OH excluding ortho intramolecular Hbond substituents is 2. The monoisotopic (exact) mass is 243 g/mol. The summed E-state index contributed by atoms with van der Waals surface area (Å²) >= 11 is 0. The van der Waals surface area contributed by atoms with E-state index in [1.165, 1.54) is 12.1 Å². The van der Waals surface area contributed by atoms with Crippen molar-refractivity contribution < 1.29 is 15.0 Å². The topological polar surface area (TPSA) is 62.5 Å². The van der Waals surface area contributed by atoms with Crippen LogP contribution < -0.4 is 0 Å². The molecule has 2 aromatic rings. The summed E-state index contributed by atoms with van der Waals surface area (Å²) < 4.78 is 1.92. The van der Waals surface area contributed by atoms with Gasteiger partial charge in [0.1, 0.15) is 0 Å². The normalized spacial score (nSPS) is 13.9. The number of fused-ring (bicyclic) bond motifs is 2. The first-order valence-corrected chi connectivity index (χ1v) is 5.82. The van der Waals surface area contributed by atoms with Gasteiger partial charge < -0.3 is 14.8 Å². The number of rotatable bonds is 0. The Kier molecular flexibility index (Phi) is 2.20. The average Bonchev–Trinajstić information content (AvgIpc) is 2.65. The fourth-order valence-electron chi connectivity index (χ4n) is 2.45. The lowest BCUT2D eigenvalue weighted by atomic mass is 9.99. The van der Waals surface area contributed by atoms with E-state index in [0.29, 0.717) is 24.2 Å². The van der Waals surface area contributed by atoms with Gasteiger partial charge in [-0.15, -0.1) is 0 Å². The number of aromatic nitrogens is 1. The highest BCUT2D eigenvalue weighted by Crippen LogP contribution is 2.32. The molecule has 92 valence electrons. The van der Waals surface area contributed by atoms with Gasteiger partial charge in [-0.1, -0.05) is 0 Å². The Morgan fingerprint density at radius 2 is 1.89 bits per heavy atom. The van der Waals surface area contributed by atoms with Gasteiger partial charge in [0.05, 0.1) is 5.69 Å². The molecule has 2 heterocycles. The number of aryl methyl sites for hydroxylation is 3. The second-order valence-electron chi connectivity index (χ2n) is 4.67. The zero-order valence-corrected chi connectivity index (χ0v) is 9.97. The number of hydrogen-bond donors (Lipinski definition) is 2. The van der Waals surface area contributed by atoms with Crippen LogP contribution in [0.3, 0.4) is 0 Å². The second kappa shape index (κ2) is 3.63. The molecule has 1 aliphatic heterocycles. The van der Waals surface area contributed by atoms with Crippen LogP contribution in [0, 0.1) is 6.92 Å². The van der Waals surface area contributed by atoms with E-state index in [2.05, 4.69) is 0 Å². The highest BCUT2D eigenvalue weighted by molar-refractivity contribution is 6.09. The first kappa shape index (κ1) is 10.9. The summed E-state index contributed by atoms with van der Waals surface area (Å²) in [6, 6.07) is 4.67. The summed E-state index contributed by atoms with van der Waals surface area (Å²) in [5.41, 5.74) is 2.93. The van der Waals surface area contributed by atoms with E-state index in [4.69, 9.17) is 0 Å². The van der Waals surface area contributed by atoms with Gasteiger partial charge in [-0.2, -0.15) is 0 Å². The minimum atomic E-state index is -0.251. The SMILES string of the molecule is Cc1cc2n(c1)CCc1cc(O)c(O)cc1C2=O. The molecule has 18 heavy (non-hydrogen) atoms. The molecule has 0 aliphatic carbocycles. The van der Waals surface area contributed by atoms with E-state index in [9.17, 15) is 15.0 Å². The maximum atomic E-state index is 12.4. The van der Waals surface area contributed by atoms with E-state index >= 15 is 0 Å². The predicted octanol–water partition coefficient (Wildman–Crippen LogP) is 1.99. The van der Waals surface area contributed by atoms with Gasteiger partial charge in [0.2, 0.25) is 5.78 Å². The van der Waals surface area contributed by atoms with Gasteiger partial charge in [-0.25, -0.2) is 0 Å². The molecule has 1 aliphatic rings. The third kappa shape index (κ3) is 1.49. The summed E-state index contributed by atoms with van der Waals surface area (Å²) in [6.45, 7) is 2.65. The minimum absolute atomic E-state index is 0.106. The molecule has 0 amide bonds. The zero-order chi connectivity index (χ0) is 12.9. The zero-order valence-electron chi connectivity index (χ0n) is 9.97. The van der Waals surface area contributed by atoms with E-state index in [0.717, 1.165) is 11.1 Å². The van der Waals surface area contributed by atoms with Gasteiger partial charge in [-0.3, -0.25) is 4.79 Å².